The molecule has 5 heteroatoms. The maximum absolute atomic E-state index is 12.9. The van der Waals surface area contributed by atoms with Crippen molar-refractivity contribution in [2.24, 2.45) is 0 Å². The molecule has 35 heavy (non-hydrogen) atoms. The summed E-state index contributed by atoms with van der Waals surface area (Å²) < 4.78 is 6.24. The van der Waals surface area contributed by atoms with Gasteiger partial charge in [-0.3, -0.25) is 10.2 Å². The molecule has 1 aliphatic heterocycles. The van der Waals surface area contributed by atoms with Crippen LogP contribution in [0.3, 0.4) is 0 Å². The number of carbonyl (C=O) groups is 1. The molecule has 0 unspecified atom stereocenters. The van der Waals surface area contributed by atoms with E-state index in [1.165, 1.54) is 83.5 Å². The van der Waals surface area contributed by atoms with E-state index in [0.29, 0.717) is 12.2 Å². The smallest absolute Gasteiger partial charge is 0.277 e. The predicted octanol–water partition coefficient (Wildman–Crippen LogP) is 7.50. The lowest BCUT2D eigenvalue weighted by Crippen LogP contribution is -2.54. The van der Waals surface area contributed by atoms with E-state index in [-0.39, 0.29) is 5.91 Å². The summed E-state index contributed by atoms with van der Waals surface area (Å²) in [6.45, 7) is 10.7. The zero-order valence-electron chi connectivity index (χ0n) is 23.3. The number of phenolic OH excluding ortho intramolecular Hbond substituents is 1. The second-order valence-electron chi connectivity index (χ2n) is 10.8. The first-order valence-corrected chi connectivity index (χ1v) is 14.4. The zero-order valence-corrected chi connectivity index (χ0v) is 23.3. The van der Waals surface area contributed by atoms with E-state index in [1.807, 2.05) is 27.7 Å². The summed E-state index contributed by atoms with van der Waals surface area (Å²) in [5.41, 5.74) is 8.68. The topological polar surface area (TPSA) is 70.6 Å². The van der Waals surface area contributed by atoms with Gasteiger partial charge < -0.3 is 9.84 Å². The number of carbonyl (C=O) groups excluding carboxylic acids is 1. The molecule has 1 amide bonds. The zero-order chi connectivity index (χ0) is 25.7. The summed E-state index contributed by atoms with van der Waals surface area (Å²) in [7, 11) is 0. The molecule has 2 rings (SSSR count). The van der Waals surface area contributed by atoms with Gasteiger partial charge in [-0.25, -0.2) is 5.43 Å². The number of unbranched alkanes of at least 4 members (excludes halogenated alkanes) is 13. The molecule has 1 aromatic rings. The van der Waals surface area contributed by atoms with E-state index < -0.39 is 5.60 Å². The Morgan fingerprint density at radius 3 is 1.89 bits per heavy atom. The summed E-state index contributed by atoms with van der Waals surface area (Å²) in [5.74, 6) is 0.970. The molecular weight excluding hydrogens is 436 g/mol. The number of hydrogen-bond donors (Lipinski definition) is 3. The Morgan fingerprint density at radius 1 is 0.829 bits per heavy atom. The fraction of sp³-hybridized carbons (Fsp3) is 0.767. The van der Waals surface area contributed by atoms with Crippen molar-refractivity contribution < 1.29 is 14.6 Å². The van der Waals surface area contributed by atoms with Gasteiger partial charge in [0.05, 0.1) is 0 Å². The first-order valence-electron chi connectivity index (χ1n) is 14.4. The molecule has 0 saturated carbocycles. The van der Waals surface area contributed by atoms with Crippen LogP contribution in [0.25, 0.3) is 0 Å². The van der Waals surface area contributed by atoms with Crippen LogP contribution in [0.4, 0.5) is 0 Å². The second kappa shape index (κ2) is 15.4. The molecule has 1 atom stereocenters. The maximum Gasteiger partial charge on any atom is 0.277 e. The van der Waals surface area contributed by atoms with Crippen molar-refractivity contribution in [2.75, 3.05) is 6.54 Å². The van der Waals surface area contributed by atoms with Crippen LogP contribution in [-0.2, 0) is 11.2 Å². The first-order chi connectivity index (χ1) is 16.8. The van der Waals surface area contributed by atoms with Gasteiger partial charge >= 0.3 is 0 Å². The summed E-state index contributed by atoms with van der Waals surface area (Å²) in [5, 5.41) is 10.3. The van der Waals surface area contributed by atoms with Crippen LogP contribution in [-0.4, -0.2) is 23.2 Å². The average Bonchev–Trinajstić information content (AvgIpc) is 2.85. The third kappa shape index (κ3) is 9.00. The molecule has 200 valence electrons. The number of aromatic hydroxyl groups is 1. The van der Waals surface area contributed by atoms with Crippen molar-refractivity contribution in [3.63, 3.8) is 0 Å². The Balaban J connectivity index is 1.54. The number of phenols is 1. The number of ether oxygens (including phenoxy) is 1. The molecule has 1 aromatic carbocycles. The summed E-state index contributed by atoms with van der Waals surface area (Å²) in [6, 6.07) is 0. The SMILES string of the molecule is CCCCCCCCCCCCCCCCNNC(=O)[C@@]1(C)CCc2c(C)c(O)c(C)c(C)c2O1. The molecular formula is C30H52N2O3. The van der Waals surface area contributed by atoms with Gasteiger partial charge in [-0.05, 0) is 57.2 Å². The Labute approximate surface area is 214 Å². The number of rotatable bonds is 17. The highest BCUT2D eigenvalue weighted by Gasteiger charge is 2.40. The van der Waals surface area contributed by atoms with Crippen LogP contribution < -0.4 is 15.6 Å². The minimum absolute atomic E-state index is 0.128. The molecule has 0 saturated heterocycles. The van der Waals surface area contributed by atoms with Crippen molar-refractivity contribution in [2.45, 2.75) is 143 Å². The molecule has 1 aliphatic rings. The van der Waals surface area contributed by atoms with Crippen LogP contribution in [0.2, 0.25) is 0 Å². The molecule has 0 aliphatic carbocycles. The van der Waals surface area contributed by atoms with Gasteiger partial charge in [-0.15, -0.1) is 0 Å². The highest BCUT2D eigenvalue weighted by Crippen LogP contribution is 2.43. The van der Waals surface area contributed by atoms with Crippen LogP contribution >= 0.6 is 0 Å². The number of benzene rings is 1. The predicted molar refractivity (Wildman–Crippen MR) is 146 cm³/mol. The quantitative estimate of drug-likeness (QED) is 0.157. The maximum atomic E-state index is 12.9. The first kappa shape index (κ1) is 29.5. The second-order valence-corrected chi connectivity index (χ2v) is 10.8. The normalized spacial score (nSPS) is 17.2. The van der Waals surface area contributed by atoms with Gasteiger partial charge in [-0.2, -0.15) is 0 Å². The fourth-order valence-corrected chi connectivity index (χ4v) is 5.09. The molecule has 1 heterocycles. The Bertz CT molecular complexity index is 793. The standard InChI is InChI=1S/C30H52N2O3/c1-6-7-8-9-10-11-12-13-14-15-16-17-18-19-22-31-32-29(34)30(5)21-20-26-25(4)27(33)23(2)24(3)28(26)35-30/h31,33H,6-22H2,1-5H3,(H,32,34)/t30-/m1/s1. The average molecular weight is 489 g/mol. The van der Waals surface area contributed by atoms with Crippen LogP contribution in [0.1, 0.15) is 132 Å². The summed E-state index contributed by atoms with van der Waals surface area (Å²) in [6.07, 6.45) is 20.1. The highest BCUT2D eigenvalue weighted by molar-refractivity contribution is 5.85. The Hall–Kier alpha value is -1.75. The van der Waals surface area contributed by atoms with E-state index in [0.717, 1.165) is 47.4 Å². The Morgan fingerprint density at radius 2 is 1.34 bits per heavy atom. The van der Waals surface area contributed by atoms with Crippen LogP contribution in [0, 0.1) is 20.8 Å². The number of hydrazine groups is 1. The third-order valence-corrected chi connectivity index (χ3v) is 7.86. The molecule has 5 nitrogen and oxygen atoms in total. The van der Waals surface area contributed by atoms with Crippen LogP contribution in [0.5, 0.6) is 11.5 Å². The summed E-state index contributed by atoms with van der Waals surface area (Å²) in [4.78, 5) is 12.9. The molecule has 0 aromatic heterocycles. The van der Waals surface area contributed by atoms with Gasteiger partial charge in [0.25, 0.3) is 5.91 Å². The lowest BCUT2D eigenvalue weighted by Gasteiger charge is -2.36. The van der Waals surface area contributed by atoms with Crippen molar-refractivity contribution in [3.8, 4) is 11.5 Å². The molecule has 0 radical (unpaired) electrons. The number of hydrogen-bond acceptors (Lipinski definition) is 4. The molecule has 0 spiro atoms. The molecule has 3 N–H and O–H groups in total. The van der Waals surface area contributed by atoms with Crippen LogP contribution in [0.15, 0.2) is 0 Å². The largest absolute Gasteiger partial charge is 0.507 e. The minimum Gasteiger partial charge on any atom is -0.507 e. The number of fused-ring (bicyclic) bond motifs is 1. The van der Waals surface area contributed by atoms with Gasteiger partial charge in [-0.1, -0.05) is 90.4 Å². The van der Waals surface area contributed by atoms with Gasteiger partial charge in [0.15, 0.2) is 5.60 Å². The molecule has 0 fully saturated rings. The van der Waals surface area contributed by atoms with Crippen molar-refractivity contribution in [3.05, 3.63) is 22.3 Å². The van der Waals surface area contributed by atoms with E-state index in [4.69, 9.17) is 4.74 Å². The van der Waals surface area contributed by atoms with Gasteiger partial charge in [0.1, 0.15) is 11.5 Å². The van der Waals surface area contributed by atoms with Crippen molar-refractivity contribution >= 4 is 5.91 Å². The van der Waals surface area contributed by atoms with Gasteiger partial charge in [0, 0.05) is 18.5 Å². The highest BCUT2D eigenvalue weighted by atomic mass is 16.5. The summed E-state index contributed by atoms with van der Waals surface area (Å²) >= 11 is 0. The molecule has 0 bridgehead atoms. The lowest BCUT2D eigenvalue weighted by atomic mass is 9.87. The van der Waals surface area contributed by atoms with E-state index in [1.54, 1.807) is 0 Å². The lowest BCUT2D eigenvalue weighted by molar-refractivity contribution is -0.138. The third-order valence-electron chi connectivity index (χ3n) is 7.86. The number of nitrogens with one attached hydrogen (secondary N) is 2. The Kier molecular flexibility index (Phi) is 13.0. The monoisotopic (exact) mass is 488 g/mol. The van der Waals surface area contributed by atoms with Gasteiger partial charge in [0.2, 0.25) is 0 Å². The fourth-order valence-electron chi connectivity index (χ4n) is 5.09. The number of amides is 1. The van der Waals surface area contributed by atoms with E-state index in [2.05, 4.69) is 17.8 Å². The van der Waals surface area contributed by atoms with E-state index >= 15 is 0 Å². The van der Waals surface area contributed by atoms with Crippen molar-refractivity contribution in [1.29, 1.82) is 0 Å². The minimum atomic E-state index is -0.907. The van der Waals surface area contributed by atoms with Crippen molar-refractivity contribution in [1.82, 2.24) is 10.9 Å². The van der Waals surface area contributed by atoms with E-state index in [9.17, 15) is 9.90 Å².